The van der Waals surface area contributed by atoms with Crippen molar-refractivity contribution in [2.75, 3.05) is 7.11 Å². The molecular weight excluding hydrogens is 554 g/mol. The van der Waals surface area contributed by atoms with E-state index in [0.29, 0.717) is 18.2 Å². The van der Waals surface area contributed by atoms with Gasteiger partial charge in [0.1, 0.15) is 11.6 Å². The van der Waals surface area contributed by atoms with Gasteiger partial charge < -0.3 is 34.0 Å². The lowest BCUT2D eigenvalue weighted by Crippen LogP contribution is -2.09. The van der Waals surface area contributed by atoms with E-state index in [-0.39, 0.29) is 0 Å². The molecule has 0 amide bonds. The van der Waals surface area contributed by atoms with Crippen LogP contribution in [0.1, 0.15) is 44.1 Å². The van der Waals surface area contributed by atoms with E-state index in [4.69, 9.17) is 35.1 Å². The largest absolute Gasteiger partial charge is 0.497 e. The minimum absolute atomic E-state index is 0.427. The molecule has 2 aromatic heterocycles. The highest BCUT2D eigenvalue weighted by molar-refractivity contribution is 6.41. The fourth-order valence-electron chi connectivity index (χ4n) is 5.29. The summed E-state index contributed by atoms with van der Waals surface area (Å²) < 4.78 is 9.65. The van der Waals surface area contributed by atoms with Crippen LogP contribution in [-0.4, -0.2) is 55.6 Å². The maximum absolute atomic E-state index is 8.94. The Morgan fingerprint density at radius 2 is 1.45 bits per heavy atom. The van der Waals surface area contributed by atoms with Crippen molar-refractivity contribution in [3.8, 4) is 23.2 Å². The number of rotatable bonds is 14. The molecule has 5 aromatic rings. The molecule has 0 aliphatic carbocycles. The lowest BCUT2D eigenvalue weighted by Gasteiger charge is -2.10. The molecule has 9 nitrogen and oxygen atoms in total. The van der Waals surface area contributed by atoms with Gasteiger partial charge in [-0.15, -0.1) is 0 Å². The van der Waals surface area contributed by atoms with Gasteiger partial charge in [-0.3, -0.25) is 0 Å². The van der Waals surface area contributed by atoms with E-state index in [1.165, 1.54) is 0 Å². The molecule has 11 heteroatoms. The summed E-state index contributed by atoms with van der Waals surface area (Å²) in [6, 6.07) is 26.0. The first-order valence-corrected chi connectivity index (χ1v) is 15.2. The van der Waals surface area contributed by atoms with Gasteiger partial charge in [-0.1, -0.05) is 37.8 Å². The predicted molar refractivity (Wildman–Crippen MR) is 176 cm³/mol. The number of nitrogens with zero attached hydrogens (tertiary/aromatic N) is 4. The van der Waals surface area contributed by atoms with E-state index in [0.717, 1.165) is 90.7 Å². The highest BCUT2D eigenvalue weighted by Gasteiger charge is 2.13. The summed E-state index contributed by atoms with van der Waals surface area (Å²) in [6.07, 6.45) is 8.45. The van der Waals surface area contributed by atoms with E-state index in [9.17, 15) is 0 Å². The number of methoxy groups -OCH3 is 1. The Balaban J connectivity index is 0.000000209. The third-order valence-corrected chi connectivity index (χ3v) is 7.61. The number of fused-ring (bicyclic) bond motifs is 2. The fourth-order valence-corrected chi connectivity index (χ4v) is 5.29. The van der Waals surface area contributed by atoms with Crippen LogP contribution in [0.4, 0.5) is 0 Å². The van der Waals surface area contributed by atoms with Crippen LogP contribution in [0.3, 0.4) is 0 Å². The maximum atomic E-state index is 8.94. The van der Waals surface area contributed by atoms with Gasteiger partial charge in [0.25, 0.3) is 0 Å². The minimum Gasteiger partial charge on any atom is -0.497 e. The lowest BCUT2D eigenvalue weighted by molar-refractivity contribution is 0.400. The molecular formula is C33H40B2N4O5. The molecule has 0 bridgehead atoms. The molecule has 5 rings (SSSR count). The van der Waals surface area contributed by atoms with E-state index >= 15 is 0 Å². The summed E-state index contributed by atoms with van der Waals surface area (Å²) in [7, 11) is -0.728. The second-order valence-electron chi connectivity index (χ2n) is 10.9. The third kappa shape index (κ3) is 9.21. The Morgan fingerprint density at radius 3 is 2.11 bits per heavy atom. The van der Waals surface area contributed by atoms with Crippen LogP contribution >= 0.6 is 0 Å². The van der Waals surface area contributed by atoms with Crippen LogP contribution in [0, 0.1) is 11.3 Å². The van der Waals surface area contributed by atoms with Crippen LogP contribution in [0.2, 0.25) is 12.6 Å². The summed E-state index contributed by atoms with van der Waals surface area (Å²) in [5.74, 6) is 1.78. The van der Waals surface area contributed by atoms with Crippen molar-refractivity contribution in [2.45, 2.75) is 64.3 Å². The van der Waals surface area contributed by atoms with E-state index in [2.05, 4.69) is 21.3 Å². The Kier molecular flexibility index (Phi) is 12.5. The van der Waals surface area contributed by atoms with Crippen molar-refractivity contribution >= 4 is 36.2 Å². The van der Waals surface area contributed by atoms with Gasteiger partial charge in [0.2, 0.25) is 0 Å². The number of hydrogen-bond donors (Lipinski definition) is 4. The van der Waals surface area contributed by atoms with Gasteiger partial charge in [0.15, 0.2) is 0 Å². The number of hydrogen-bond acceptors (Lipinski definition) is 7. The van der Waals surface area contributed by atoms with Gasteiger partial charge >= 0.3 is 14.2 Å². The van der Waals surface area contributed by atoms with Gasteiger partial charge in [0.05, 0.1) is 29.8 Å². The van der Waals surface area contributed by atoms with Crippen LogP contribution in [0.5, 0.6) is 5.75 Å². The fraction of sp³-hybridized carbons (Fsp3) is 0.333. The quantitative estimate of drug-likeness (QED) is 0.0983. The average molecular weight is 594 g/mol. The van der Waals surface area contributed by atoms with Crippen LogP contribution in [-0.2, 0) is 13.1 Å². The smallest absolute Gasteiger partial charge is 0.451 e. The lowest BCUT2D eigenvalue weighted by atomic mass is 9.83. The molecule has 44 heavy (non-hydrogen) atoms. The van der Waals surface area contributed by atoms with E-state index in [1.54, 1.807) is 7.11 Å². The molecule has 0 atom stereocenters. The zero-order chi connectivity index (χ0) is 31.3. The summed E-state index contributed by atoms with van der Waals surface area (Å²) in [5, 5.41) is 45.3. The SMILES string of the molecule is COc1ccc(-c2nc3ccccc3n2CCCCCB(O)O)cc1.N#Cc1ccc2c(ccn2CCCCCB(O)O)c1. The predicted octanol–water partition coefficient (Wildman–Crippen LogP) is 5.51. The Bertz CT molecular complexity index is 1640. The molecule has 0 unspecified atom stereocenters. The molecule has 3 aromatic carbocycles. The standard InChI is InChI=1S/C19H23BN2O3.C14H17BN2O2/c1-25-16-11-9-15(10-12-16)19-21-17-7-3-4-8-18(17)22(19)14-6-2-5-13-20(23)24;16-11-12-4-5-14-13(10-12)6-9-17(14)8-3-1-2-7-15(18)19/h3-4,7-12,23-24H,2,5-6,13-14H2,1H3;4-6,9-10,18-19H,1-3,7-8H2. The Labute approximate surface area is 259 Å². The van der Waals surface area contributed by atoms with Gasteiger partial charge in [-0.2, -0.15) is 5.26 Å². The minimum atomic E-state index is -1.20. The molecule has 0 aliphatic heterocycles. The van der Waals surface area contributed by atoms with E-state index in [1.807, 2.05) is 72.9 Å². The highest BCUT2D eigenvalue weighted by atomic mass is 16.5. The summed E-state index contributed by atoms with van der Waals surface area (Å²) in [6.45, 7) is 1.76. The zero-order valence-corrected chi connectivity index (χ0v) is 25.2. The van der Waals surface area contributed by atoms with Gasteiger partial charge in [-0.05, 0) is 86.1 Å². The Morgan fingerprint density at radius 1 is 0.773 bits per heavy atom. The molecule has 0 fully saturated rings. The van der Waals surface area contributed by atoms with Gasteiger partial charge in [0, 0.05) is 35.8 Å². The summed E-state index contributed by atoms with van der Waals surface area (Å²) >= 11 is 0. The number of ether oxygens (including phenoxy) is 1. The summed E-state index contributed by atoms with van der Waals surface area (Å²) in [4.78, 5) is 4.81. The highest BCUT2D eigenvalue weighted by Crippen LogP contribution is 2.27. The number of imidazole rings is 1. The number of benzene rings is 3. The molecule has 228 valence electrons. The first-order chi connectivity index (χ1) is 21.4. The van der Waals surface area contributed by atoms with Crippen LogP contribution < -0.4 is 4.74 Å². The first kappa shape index (κ1) is 32.8. The van der Waals surface area contributed by atoms with Crippen molar-refractivity contribution in [1.82, 2.24) is 14.1 Å². The molecule has 0 saturated carbocycles. The van der Waals surface area contributed by atoms with Gasteiger partial charge in [-0.25, -0.2) is 4.98 Å². The average Bonchev–Trinajstić information content (AvgIpc) is 3.61. The number of para-hydroxylation sites is 2. The second kappa shape index (κ2) is 16.7. The monoisotopic (exact) mass is 594 g/mol. The number of aromatic nitrogens is 3. The van der Waals surface area contributed by atoms with E-state index < -0.39 is 14.2 Å². The van der Waals surface area contributed by atoms with Crippen molar-refractivity contribution in [3.05, 3.63) is 84.6 Å². The molecule has 0 aliphatic rings. The topological polar surface area (TPSA) is 137 Å². The maximum Gasteiger partial charge on any atom is 0.451 e. The van der Waals surface area contributed by atoms with Crippen molar-refractivity contribution in [3.63, 3.8) is 0 Å². The number of aryl methyl sites for hydroxylation is 2. The number of nitriles is 1. The molecule has 0 spiro atoms. The molecule has 0 radical (unpaired) electrons. The molecule has 0 saturated heterocycles. The normalized spacial score (nSPS) is 10.8. The van der Waals surface area contributed by atoms with Crippen molar-refractivity contribution in [1.29, 1.82) is 5.26 Å². The number of unbranched alkanes of at least 4 members (excludes halogenated alkanes) is 4. The summed E-state index contributed by atoms with van der Waals surface area (Å²) in [5.41, 5.74) is 4.99. The molecule has 2 heterocycles. The third-order valence-electron chi connectivity index (χ3n) is 7.61. The Hall–Kier alpha value is -4.07. The van der Waals surface area contributed by atoms with Crippen LogP contribution in [0.25, 0.3) is 33.3 Å². The van der Waals surface area contributed by atoms with Crippen molar-refractivity contribution in [2.24, 2.45) is 0 Å². The van der Waals surface area contributed by atoms with Crippen molar-refractivity contribution < 1.29 is 24.8 Å². The molecule has 4 N–H and O–H groups in total. The zero-order valence-electron chi connectivity index (χ0n) is 25.2. The van der Waals surface area contributed by atoms with Crippen LogP contribution in [0.15, 0.2) is 79.0 Å². The second-order valence-corrected chi connectivity index (χ2v) is 10.9. The first-order valence-electron chi connectivity index (χ1n) is 15.2.